The quantitative estimate of drug-likeness (QED) is 0.611. The fourth-order valence-corrected chi connectivity index (χ4v) is 1.74. The van der Waals surface area contributed by atoms with Gasteiger partial charge < -0.3 is 10.4 Å². The molecule has 1 aliphatic carbocycles. The lowest BCUT2D eigenvalue weighted by Crippen LogP contribution is -2.50. The molecule has 1 fully saturated rings. The first-order chi connectivity index (χ1) is 4.66. The Balaban J connectivity index is 2.15. The summed E-state index contributed by atoms with van der Waals surface area (Å²) < 4.78 is 0. The molecule has 0 spiro atoms. The van der Waals surface area contributed by atoms with Crippen molar-refractivity contribution in [2.24, 2.45) is 5.92 Å². The Morgan fingerprint density at radius 2 is 2.20 bits per heavy atom. The van der Waals surface area contributed by atoms with Crippen LogP contribution in [0, 0.1) is 5.92 Å². The predicted octanol–water partition coefficient (Wildman–Crippen LogP) is 0.757. The lowest BCUT2D eigenvalue weighted by molar-refractivity contribution is -0.0647. The molecule has 1 rings (SSSR count). The second-order valence-electron chi connectivity index (χ2n) is 3.52. The normalized spacial score (nSPS) is 39.3. The van der Waals surface area contributed by atoms with E-state index in [4.69, 9.17) is 0 Å². The topological polar surface area (TPSA) is 32.3 Å². The Morgan fingerprint density at radius 3 is 2.60 bits per heavy atom. The van der Waals surface area contributed by atoms with Crippen LogP contribution in [0.25, 0.3) is 0 Å². The maximum atomic E-state index is 9.65. The first-order valence-electron chi connectivity index (χ1n) is 4.09. The van der Waals surface area contributed by atoms with Gasteiger partial charge in [0.25, 0.3) is 0 Å². The third-order valence-corrected chi connectivity index (χ3v) is 2.16. The van der Waals surface area contributed by atoms with E-state index in [0.717, 1.165) is 31.8 Å². The standard InChI is InChI=1S/C8H17NO/c1-3-9-6-8(10)4-7(2)5-8/h7,9-10H,3-6H2,1-2H3. The second kappa shape index (κ2) is 2.89. The smallest absolute Gasteiger partial charge is 0.0776 e. The van der Waals surface area contributed by atoms with E-state index >= 15 is 0 Å². The maximum Gasteiger partial charge on any atom is 0.0776 e. The molecule has 0 bridgehead atoms. The molecular weight excluding hydrogens is 126 g/mol. The minimum Gasteiger partial charge on any atom is -0.389 e. The minimum atomic E-state index is -0.366. The van der Waals surface area contributed by atoms with Crippen molar-refractivity contribution >= 4 is 0 Å². The van der Waals surface area contributed by atoms with Gasteiger partial charge in [0.15, 0.2) is 0 Å². The van der Waals surface area contributed by atoms with Crippen LogP contribution in [-0.4, -0.2) is 23.8 Å². The van der Waals surface area contributed by atoms with E-state index in [1.54, 1.807) is 0 Å². The summed E-state index contributed by atoms with van der Waals surface area (Å²) in [6.45, 7) is 5.97. The maximum absolute atomic E-state index is 9.65. The molecule has 0 aliphatic heterocycles. The summed E-state index contributed by atoms with van der Waals surface area (Å²) in [6, 6.07) is 0. The third-order valence-electron chi connectivity index (χ3n) is 2.16. The van der Waals surface area contributed by atoms with Crippen molar-refractivity contribution in [2.75, 3.05) is 13.1 Å². The van der Waals surface area contributed by atoms with Gasteiger partial charge in [0, 0.05) is 6.54 Å². The summed E-state index contributed by atoms with van der Waals surface area (Å²) in [5, 5.41) is 12.8. The monoisotopic (exact) mass is 143 g/mol. The molecule has 0 saturated heterocycles. The Kier molecular flexibility index (Phi) is 2.32. The van der Waals surface area contributed by atoms with Gasteiger partial charge in [-0.25, -0.2) is 0 Å². The van der Waals surface area contributed by atoms with E-state index in [1.165, 1.54) is 0 Å². The van der Waals surface area contributed by atoms with Crippen LogP contribution in [0.5, 0.6) is 0 Å². The van der Waals surface area contributed by atoms with Crippen molar-refractivity contribution in [2.45, 2.75) is 32.3 Å². The summed E-state index contributed by atoms with van der Waals surface area (Å²) in [4.78, 5) is 0. The highest BCUT2D eigenvalue weighted by atomic mass is 16.3. The number of nitrogens with one attached hydrogen (secondary N) is 1. The Hall–Kier alpha value is -0.0800. The minimum absolute atomic E-state index is 0.366. The molecule has 1 saturated carbocycles. The second-order valence-corrected chi connectivity index (χ2v) is 3.52. The molecule has 0 aromatic carbocycles. The molecule has 0 aromatic heterocycles. The highest BCUT2D eigenvalue weighted by Gasteiger charge is 2.39. The van der Waals surface area contributed by atoms with Crippen molar-refractivity contribution < 1.29 is 5.11 Å². The van der Waals surface area contributed by atoms with E-state index in [9.17, 15) is 5.11 Å². The average molecular weight is 143 g/mol. The van der Waals surface area contributed by atoms with E-state index in [-0.39, 0.29) is 5.60 Å². The fraction of sp³-hybridized carbons (Fsp3) is 1.00. The van der Waals surface area contributed by atoms with Gasteiger partial charge in [-0.15, -0.1) is 0 Å². The van der Waals surface area contributed by atoms with Crippen LogP contribution >= 0.6 is 0 Å². The molecule has 0 heterocycles. The molecule has 1 aliphatic rings. The first-order valence-corrected chi connectivity index (χ1v) is 4.09. The van der Waals surface area contributed by atoms with E-state index in [0.29, 0.717) is 0 Å². The Morgan fingerprint density at radius 1 is 1.60 bits per heavy atom. The van der Waals surface area contributed by atoms with Crippen LogP contribution in [0.2, 0.25) is 0 Å². The van der Waals surface area contributed by atoms with Gasteiger partial charge >= 0.3 is 0 Å². The van der Waals surface area contributed by atoms with Crippen molar-refractivity contribution in [1.29, 1.82) is 0 Å². The molecule has 2 N–H and O–H groups in total. The summed E-state index contributed by atoms with van der Waals surface area (Å²) in [5.41, 5.74) is -0.366. The van der Waals surface area contributed by atoms with Gasteiger partial charge in [-0.3, -0.25) is 0 Å². The van der Waals surface area contributed by atoms with Crippen LogP contribution in [0.4, 0.5) is 0 Å². The van der Waals surface area contributed by atoms with Crippen molar-refractivity contribution in [3.05, 3.63) is 0 Å². The molecule has 2 nitrogen and oxygen atoms in total. The van der Waals surface area contributed by atoms with E-state index in [2.05, 4.69) is 19.2 Å². The molecule has 60 valence electrons. The Labute approximate surface area is 62.6 Å². The summed E-state index contributed by atoms with van der Waals surface area (Å²) in [7, 11) is 0. The SMILES string of the molecule is CCNCC1(O)CC(C)C1. The zero-order valence-corrected chi connectivity index (χ0v) is 6.85. The predicted molar refractivity (Wildman–Crippen MR) is 41.9 cm³/mol. The molecule has 0 radical (unpaired) electrons. The lowest BCUT2D eigenvalue weighted by atomic mass is 9.72. The zero-order chi connectivity index (χ0) is 7.61. The third kappa shape index (κ3) is 1.70. The first kappa shape index (κ1) is 8.02. The number of hydrogen-bond donors (Lipinski definition) is 2. The molecule has 0 unspecified atom stereocenters. The van der Waals surface area contributed by atoms with Crippen LogP contribution in [0.15, 0.2) is 0 Å². The van der Waals surface area contributed by atoms with Gasteiger partial charge in [-0.2, -0.15) is 0 Å². The Bertz CT molecular complexity index is 108. The molecule has 10 heavy (non-hydrogen) atoms. The van der Waals surface area contributed by atoms with Crippen LogP contribution in [0.1, 0.15) is 26.7 Å². The number of hydrogen-bond acceptors (Lipinski definition) is 2. The van der Waals surface area contributed by atoms with E-state index < -0.39 is 0 Å². The van der Waals surface area contributed by atoms with Crippen LogP contribution in [-0.2, 0) is 0 Å². The summed E-state index contributed by atoms with van der Waals surface area (Å²) >= 11 is 0. The van der Waals surface area contributed by atoms with Gasteiger partial charge in [0.1, 0.15) is 0 Å². The van der Waals surface area contributed by atoms with Gasteiger partial charge in [-0.05, 0) is 25.3 Å². The fourth-order valence-electron chi connectivity index (χ4n) is 1.74. The summed E-state index contributed by atoms with van der Waals surface area (Å²) in [5.74, 6) is 0.726. The number of rotatable bonds is 3. The van der Waals surface area contributed by atoms with Crippen molar-refractivity contribution in [1.82, 2.24) is 5.32 Å². The van der Waals surface area contributed by atoms with Gasteiger partial charge in [-0.1, -0.05) is 13.8 Å². The van der Waals surface area contributed by atoms with Crippen LogP contribution in [0.3, 0.4) is 0 Å². The number of likely N-dealkylation sites (N-methyl/N-ethyl adjacent to an activating group) is 1. The highest BCUT2D eigenvalue weighted by molar-refractivity contribution is 4.93. The van der Waals surface area contributed by atoms with E-state index in [1.807, 2.05) is 0 Å². The molecular formula is C8H17NO. The lowest BCUT2D eigenvalue weighted by Gasteiger charge is -2.42. The molecule has 0 atom stereocenters. The largest absolute Gasteiger partial charge is 0.389 e. The van der Waals surface area contributed by atoms with Crippen molar-refractivity contribution in [3.63, 3.8) is 0 Å². The van der Waals surface area contributed by atoms with Crippen LogP contribution < -0.4 is 5.32 Å². The average Bonchev–Trinajstić information content (AvgIpc) is 1.81. The highest BCUT2D eigenvalue weighted by Crippen LogP contribution is 2.36. The zero-order valence-electron chi connectivity index (χ0n) is 6.85. The molecule has 0 amide bonds. The van der Waals surface area contributed by atoms with Crippen molar-refractivity contribution in [3.8, 4) is 0 Å². The van der Waals surface area contributed by atoms with Gasteiger partial charge in [0.05, 0.1) is 5.60 Å². The molecule has 2 heteroatoms. The van der Waals surface area contributed by atoms with Gasteiger partial charge in [0.2, 0.25) is 0 Å². The number of aliphatic hydroxyl groups is 1. The molecule has 0 aromatic rings. The summed E-state index contributed by atoms with van der Waals surface area (Å²) in [6.07, 6.45) is 1.94.